The van der Waals surface area contributed by atoms with Crippen molar-refractivity contribution in [2.24, 2.45) is 5.92 Å². The molecule has 5 heteroatoms. The van der Waals surface area contributed by atoms with Crippen molar-refractivity contribution < 1.29 is 19.4 Å². The third kappa shape index (κ3) is 2.52. The molecule has 0 radical (unpaired) electrons. The topological polar surface area (TPSA) is 57.5 Å². The normalized spacial score (nSPS) is 12.5. The molecule has 1 atom stereocenters. The molecule has 1 unspecified atom stereocenters. The van der Waals surface area contributed by atoms with Crippen LogP contribution in [-0.2, 0) is 11.2 Å². The molecular formula is C11H12BrFO3. The van der Waals surface area contributed by atoms with Crippen LogP contribution < -0.4 is 0 Å². The SMILES string of the molecule is Cc1c(Br)cc(F)c(O)c1CC(C)C(=O)O. The number of phenols is 1. The molecule has 0 aliphatic rings. The molecule has 0 aliphatic carbocycles. The molecule has 0 aliphatic heterocycles. The molecule has 0 saturated heterocycles. The number of benzene rings is 1. The lowest BCUT2D eigenvalue weighted by atomic mass is 9.96. The van der Waals surface area contributed by atoms with Gasteiger partial charge < -0.3 is 10.2 Å². The van der Waals surface area contributed by atoms with Crippen LogP contribution in [0.15, 0.2) is 10.5 Å². The predicted molar refractivity (Wildman–Crippen MR) is 61.0 cm³/mol. The Balaban J connectivity index is 3.17. The standard InChI is InChI=1S/C11H12BrFO3/c1-5(11(15)16)3-7-6(2)8(12)4-9(13)10(7)14/h4-5,14H,3H2,1-2H3,(H,15,16). The molecular weight excluding hydrogens is 279 g/mol. The van der Waals surface area contributed by atoms with Gasteiger partial charge in [-0.1, -0.05) is 22.9 Å². The smallest absolute Gasteiger partial charge is 0.306 e. The van der Waals surface area contributed by atoms with Crippen molar-refractivity contribution in [3.8, 4) is 5.75 Å². The Labute approximate surface area is 101 Å². The maximum absolute atomic E-state index is 13.2. The van der Waals surface area contributed by atoms with Crippen LogP contribution in [-0.4, -0.2) is 16.2 Å². The monoisotopic (exact) mass is 290 g/mol. The maximum atomic E-state index is 13.2. The first kappa shape index (κ1) is 13.0. The lowest BCUT2D eigenvalue weighted by Crippen LogP contribution is -2.13. The summed E-state index contributed by atoms with van der Waals surface area (Å²) in [4.78, 5) is 10.7. The van der Waals surface area contributed by atoms with Crippen LogP contribution in [0.25, 0.3) is 0 Å². The van der Waals surface area contributed by atoms with Crippen molar-refractivity contribution >= 4 is 21.9 Å². The van der Waals surface area contributed by atoms with Crippen LogP contribution in [0.5, 0.6) is 5.75 Å². The van der Waals surface area contributed by atoms with Gasteiger partial charge in [0.25, 0.3) is 0 Å². The Bertz CT molecular complexity index is 405. The summed E-state index contributed by atoms with van der Waals surface area (Å²) in [6, 6.07) is 1.17. The van der Waals surface area contributed by atoms with Gasteiger partial charge in [0, 0.05) is 10.0 Å². The average Bonchev–Trinajstić information content (AvgIpc) is 2.21. The van der Waals surface area contributed by atoms with Crippen LogP contribution >= 0.6 is 15.9 Å². The second-order valence-electron chi connectivity index (χ2n) is 3.74. The summed E-state index contributed by atoms with van der Waals surface area (Å²) >= 11 is 3.16. The van der Waals surface area contributed by atoms with E-state index in [0.717, 1.165) is 0 Å². The highest BCUT2D eigenvalue weighted by molar-refractivity contribution is 9.10. The lowest BCUT2D eigenvalue weighted by Gasteiger charge is -2.13. The third-order valence-electron chi connectivity index (χ3n) is 2.51. The van der Waals surface area contributed by atoms with Gasteiger partial charge in [0.15, 0.2) is 11.6 Å². The molecule has 0 amide bonds. The van der Waals surface area contributed by atoms with Gasteiger partial charge in [-0.05, 0) is 25.0 Å². The van der Waals surface area contributed by atoms with Crippen molar-refractivity contribution in [3.05, 3.63) is 27.5 Å². The highest BCUT2D eigenvalue weighted by atomic mass is 79.9. The van der Waals surface area contributed by atoms with Gasteiger partial charge in [-0.25, -0.2) is 4.39 Å². The Morgan fingerprint density at radius 1 is 1.62 bits per heavy atom. The average molecular weight is 291 g/mol. The molecule has 0 fully saturated rings. The first-order valence-electron chi connectivity index (χ1n) is 4.73. The molecule has 3 nitrogen and oxygen atoms in total. The molecule has 2 N–H and O–H groups in total. The summed E-state index contributed by atoms with van der Waals surface area (Å²) in [7, 11) is 0. The Hall–Kier alpha value is -1.10. The molecule has 1 aromatic carbocycles. The number of carboxylic acids is 1. The molecule has 0 aromatic heterocycles. The zero-order valence-corrected chi connectivity index (χ0v) is 10.5. The van der Waals surface area contributed by atoms with Crippen molar-refractivity contribution in [3.63, 3.8) is 0 Å². The summed E-state index contributed by atoms with van der Waals surface area (Å²) < 4.78 is 13.8. The lowest BCUT2D eigenvalue weighted by molar-refractivity contribution is -0.141. The van der Waals surface area contributed by atoms with Gasteiger partial charge in [-0.2, -0.15) is 0 Å². The first-order valence-corrected chi connectivity index (χ1v) is 5.53. The molecule has 1 aromatic rings. The fraction of sp³-hybridized carbons (Fsp3) is 0.364. The van der Waals surface area contributed by atoms with Gasteiger partial charge in [0.2, 0.25) is 0 Å². The van der Waals surface area contributed by atoms with E-state index in [0.29, 0.717) is 15.6 Å². The van der Waals surface area contributed by atoms with E-state index in [1.807, 2.05) is 0 Å². The van der Waals surface area contributed by atoms with Gasteiger partial charge in [-0.3, -0.25) is 4.79 Å². The van der Waals surface area contributed by atoms with Crippen molar-refractivity contribution in [2.45, 2.75) is 20.3 Å². The van der Waals surface area contributed by atoms with E-state index >= 15 is 0 Å². The van der Waals surface area contributed by atoms with E-state index in [2.05, 4.69) is 15.9 Å². The van der Waals surface area contributed by atoms with Crippen LogP contribution in [0.1, 0.15) is 18.1 Å². The van der Waals surface area contributed by atoms with E-state index in [1.54, 1.807) is 6.92 Å². The number of aromatic hydroxyl groups is 1. The van der Waals surface area contributed by atoms with Gasteiger partial charge in [0.05, 0.1) is 5.92 Å². The minimum Gasteiger partial charge on any atom is -0.505 e. The number of halogens is 2. The van der Waals surface area contributed by atoms with E-state index in [4.69, 9.17) is 5.11 Å². The summed E-state index contributed by atoms with van der Waals surface area (Å²) in [5.41, 5.74) is 0.994. The summed E-state index contributed by atoms with van der Waals surface area (Å²) in [6.45, 7) is 3.22. The maximum Gasteiger partial charge on any atom is 0.306 e. The molecule has 88 valence electrons. The molecule has 1 rings (SSSR count). The van der Waals surface area contributed by atoms with Crippen LogP contribution in [0.2, 0.25) is 0 Å². The summed E-state index contributed by atoms with van der Waals surface area (Å²) in [5, 5.41) is 18.3. The van der Waals surface area contributed by atoms with Crippen molar-refractivity contribution in [2.75, 3.05) is 0 Å². The summed E-state index contributed by atoms with van der Waals surface area (Å²) in [5.74, 6) is -2.85. The van der Waals surface area contributed by atoms with E-state index < -0.39 is 23.5 Å². The largest absolute Gasteiger partial charge is 0.505 e. The Morgan fingerprint density at radius 3 is 2.69 bits per heavy atom. The highest BCUT2D eigenvalue weighted by Crippen LogP contribution is 2.32. The van der Waals surface area contributed by atoms with Gasteiger partial charge in [0.1, 0.15) is 0 Å². The zero-order valence-electron chi connectivity index (χ0n) is 8.92. The summed E-state index contributed by atoms with van der Waals surface area (Å²) in [6.07, 6.45) is 0.101. The number of carbonyl (C=O) groups is 1. The molecule has 0 saturated carbocycles. The molecule has 0 bridgehead atoms. The van der Waals surface area contributed by atoms with E-state index in [9.17, 15) is 14.3 Å². The molecule has 0 spiro atoms. The third-order valence-corrected chi connectivity index (χ3v) is 3.33. The fourth-order valence-electron chi connectivity index (χ4n) is 1.40. The van der Waals surface area contributed by atoms with Gasteiger partial charge >= 0.3 is 5.97 Å². The Morgan fingerprint density at radius 2 is 2.19 bits per heavy atom. The first-order chi connectivity index (χ1) is 7.34. The minimum atomic E-state index is -0.973. The number of carboxylic acid groups (broad SMARTS) is 1. The van der Waals surface area contributed by atoms with E-state index in [-0.39, 0.29) is 6.42 Å². The second kappa shape index (κ2) is 4.82. The number of rotatable bonds is 3. The Kier molecular flexibility index (Phi) is 3.91. The second-order valence-corrected chi connectivity index (χ2v) is 4.59. The number of phenolic OH excluding ortho intramolecular Hbond substituents is 1. The number of hydrogen-bond acceptors (Lipinski definition) is 2. The van der Waals surface area contributed by atoms with Gasteiger partial charge in [-0.15, -0.1) is 0 Å². The number of hydrogen-bond donors (Lipinski definition) is 2. The van der Waals surface area contributed by atoms with Crippen LogP contribution in [0, 0.1) is 18.7 Å². The van der Waals surface area contributed by atoms with Crippen molar-refractivity contribution in [1.82, 2.24) is 0 Å². The molecule has 0 heterocycles. The van der Waals surface area contributed by atoms with Crippen LogP contribution in [0.3, 0.4) is 0 Å². The van der Waals surface area contributed by atoms with Crippen molar-refractivity contribution in [1.29, 1.82) is 0 Å². The van der Waals surface area contributed by atoms with Crippen LogP contribution in [0.4, 0.5) is 4.39 Å². The van der Waals surface area contributed by atoms with E-state index in [1.165, 1.54) is 13.0 Å². The zero-order chi connectivity index (χ0) is 12.5. The highest BCUT2D eigenvalue weighted by Gasteiger charge is 2.19. The quantitative estimate of drug-likeness (QED) is 0.900. The minimum absolute atomic E-state index is 0.101. The fourth-order valence-corrected chi connectivity index (χ4v) is 1.84. The predicted octanol–water partition coefficient (Wildman–Crippen LogP) is 2.87. The number of aliphatic carboxylic acids is 1. The molecule has 16 heavy (non-hydrogen) atoms.